The Bertz CT molecular complexity index is 1930. The summed E-state index contributed by atoms with van der Waals surface area (Å²) in [6.45, 7) is 5.02. The molecular formula is C44H50BrNO12. The lowest BCUT2D eigenvalue weighted by molar-refractivity contribution is -0.319. The van der Waals surface area contributed by atoms with Crippen LogP contribution in [0, 0.1) is 5.92 Å². The number of benzene rings is 3. The molecule has 13 nitrogen and oxygen atoms in total. The number of nitrogens with zero attached hydrogens (tertiary/aromatic N) is 1. The van der Waals surface area contributed by atoms with Crippen molar-refractivity contribution in [2.24, 2.45) is 5.92 Å². The minimum atomic E-state index is -1.13. The number of furan rings is 1. The molecule has 0 aliphatic carbocycles. The molecule has 0 radical (unpaired) electrons. The molecule has 2 fully saturated rings. The Morgan fingerprint density at radius 2 is 1.48 bits per heavy atom. The van der Waals surface area contributed by atoms with Gasteiger partial charge in [-0.05, 0) is 59.0 Å². The first-order valence-corrected chi connectivity index (χ1v) is 20.1. The second kappa shape index (κ2) is 20.5. The van der Waals surface area contributed by atoms with E-state index < -0.39 is 72.8 Å². The highest BCUT2D eigenvalue weighted by atomic mass is 79.9. The molecule has 0 bridgehead atoms. The van der Waals surface area contributed by atoms with E-state index in [2.05, 4.69) is 15.9 Å². The Kier molecular flexibility index (Phi) is 15.3. The second-order valence-corrected chi connectivity index (χ2v) is 15.2. The van der Waals surface area contributed by atoms with Gasteiger partial charge in [0.2, 0.25) is 5.91 Å². The summed E-state index contributed by atoms with van der Waals surface area (Å²) in [7, 11) is 1.51. The molecule has 1 N–H and O–H groups in total. The zero-order chi connectivity index (χ0) is 41.2. The van der Waals surface area contributed by atoms with Crippen molar-refractivity contribution in [2.75, 3.05) is 20.3 Å². The standard InChI is InChI=1S/C44H50BrNO12/c1-27(42(49)46-28(2)38(58-44(46)50)32-19-12-7-13-20-32)37(55-29(3)48)35-23-33(45)34(56-35)21-14-22-52-41-40(54-26-31-17-10-6-11-18-31)39(36(24-47)57-43(41)51-4)53-25-30-15-8-5-9-16-30/h5-13,15-20,23,27-28,36-41,43,47H,14,21-22,24-26H2,1-4H3/t27-,28-,36-,37-,38-,39-,40+,41+,43+/m1/s1. The molecule has 2 saturated heterocycles. The third-order valence-electron chi connectivity index (χ3n) is 10.3. The number of carbonyl (C=O) groups excluding carboxylic acids is 3. The van der Waals surface area contributed by atoms with Crippen molar-refractivity contribution in [1.82, 2.24) is 4.90 Å². The summed E-state index contributed by atoms with van der Waals surface area (Å²) >= 11 is 3.57. The van der Waals surface area contributed by atoms with Crippen molar-refractivity contribution < 1.29 is 57.1 Å². The number of aliphatic hydroxyl groups is 1. The lowest BCUT2D eigenvalue weighted by atomic mass is 9.98. The molecular weight excluding hydrogens is 814 g/mol. The van der Waals surface area contributed by atoms with Crippen molar-refractivity contribution in [3.05, 3.63) is 130 Å². The number of hydrogen-bond acceptors (Lipinski definition) is 12. The molecule has 1 aromatic heterocycles. The summed E-state index contributed by atoms with van der Waals surface area (Å²) in [5, 5.41) is 10.4. The molecule has 2 aliphatic rings. The minimum Gasteiger partial charge on any atom is -0.461 e. The number of methoxy groups -OCH3 is 1. The Labute approximate surface area is 346 Å². The zero-order valence-electron chi connectivity index (χ0n) is 32.9. The van der Waals surface area contributed by atoms with Gasteiger partial charge in [0.05, 0.1) is 36.3 Å². The highest BCUT2D eigenvalue weighted by Crippen LogP contribution is 2.38. The van der Waals surface area contributed by atoms with Gasteiger partial charge >= 0.3 is 12.1 Å². The lowest BCUT2D eigenvalue weighted by Gasteiger charge is -2.45. The Balaban J connectivity index is 1.13. The number of hydrogen-bond donors (Lipinski definition) is 1. The van der Waals surface area contributed by atoms with Crippen LogP contribution in [0.1, 0.15) is 67.6 Å². The third kappa shape index (κ3) is 10.4. The largest absolute Gasteiger partial charge is 0.461 e. The summed E-state index contributed by atoms with van der Waals surface area (Å²) in [6.07, 6.45) is -5.35. The first-order valence-electron chi connectivity index (χ1n) is 19.3. The van der Waals surface area contributed by atoms with Crippen molar-refractivity contribution in [3.8, 4) is 0 Å². The van der Waals surface area contributed by atoms with Gasteiger partial charge in [-0.1, -0.05) is 91.0 Å². The number of imide groups is 1. The van der Waals surface area contributed by atoms with Crippen LogP contribution in [-0.4, -0.2) is 85.0 Å². The quantitative estimate of drug-likeness (QED) is 0.0793. The fourth-order valence-electron chi connectivity index (χ4n) is 7.28. The van der Waals surface area contributed by atoms with Crippen LogP contribution < -0.4 is 0 Å². The monoisotopic (exact) mass is 863 g/mol. The van der Waals surface area contributed by atoms with Gasteiger partial charge in [0.1, 0.15) is 42.0 Å². The van der Waals surface area contributed by atoms with E-state index in [1.54, 1.807) is 19.9 Å². The van der Waals surface area contributed by atoms with Crippen LogP contribution in [0.5, 0.6) is 0 Å². The van der Waals surface area contributed by atoms with Gasteiger partial charge < -0.3 is 42.7 Å². The molecule has 0 spiro atoms. The average molecular weight is 865 g/mol. The van der Waals surface area contributed by atoms with Crippen molar-refractivity contribution in [1.29, 1.82) is 0 Å². The minimum absolute atomic E-state index is 0.233. The van der Waals surface area contributed by atoms with Gasteiger partial charge in [0.15, 0.2) is 12.4 Å². The maximum absolute atomic E-state index is 13.9. The zero-order valence-corrected chi connectivity index (χ0v) is 34.5. The fraction of sp³-hybridized carbons (Fsp3) is 0.432. The molecule has 9 atom stereocenters. The molecule has 4 aromatic rings. The number of ether oxygens (including phenoxy) is 7. The van der Waals surface area contributed by atoms with Crippen LogP contribution in [0.3, 0.4) is 0 Å². The smallest absolute Gasteiger partial charge is 0.417 e. The maximum Gasteiger partial charge on any atom is 0.417 e. The average Bonchev–Trinajstić information content (AvgIpc) is 3.76. The molecule has 3 heterocycles. The highest BCUT2D eigenvalue weighted by molar-refractivity contribution is 9.10. The number of cyclic esters (lactones) is 1. The van der Waals surface area contributed by atoms with Gasteiger partial charge in [-0.2, -0.15) is 0 Å². The summed E-state index contributed by atoms with van der Waals surface area (Å²) in [5.74, 6) is -1.40. The van der Waals surface area contributed by atoms with Gasteiger partial charge in [0.25, 0.3) is 0 Å². The van der Waals surface area contributed by atoms with Crippen LogP contribution in [0.4, 0.5) is 4.79 Å². The molecule has 2 aliphatic heterocycles. The number of carbonyl (C=O) groups is 3. The molecule has 2 amide bonds. The maximum atomic E-state index is 13.9. The van der Waals surface area contributed by atoms with Crippen LogP contribution >= 0.6 is 15.9 Å². The number of esters is 1. The summed E-state index contributed by atoms with van der Waals surface area (Å²) < 4.78 is 49.4. The van der Waals surface area contributed by atoms with Crippen LogP contribution in [0.15, 0.2) is 106 Å². The Morgan fingerprint density at radius 1 is 0.879 bits per heavy atom. The molecule has 58 heavy (non-hydrogen) atoms. The van der Waals surface area contributed by atoms with E-state index >= 15 is 0 Å². The number of amides is 2. The van der Waals surface area contributed by atoms with E-state index in [0.29, 0.717) is 23.1 Å². The van der Waals surface area contributed by atoms with E-state index in [-0.39, 0.29) is 32.2 Å². The van der Waals surface area contributed by atoms with Crippen molar-refractivity contribution in [2.45, 2.75) is 95.8 Å². The van der Waals surface area contributed by atoms with Gasteiger partial charge in [0, 0.05) is 27.1 Å². The van der Waals surface area contributed by atoms with E-state index in [1.807, 2.05) is 91.0 Å². The SMILES string of the molecule is CO[C@H]1O[C@H](CO)[C@@H](OCc2ccccc2)[C@H](OCc2ccccc2)[C@@H]1OCCCc1oc([C@H](OC(C)=O)[C@@H](C)C(=O)N2C(=O)O[C@@H](c3ccccc3)[C@H]2C)cc1Br. The molecule has 14 heteroatoms. The Hall–Kier alpha value is -4.41. The van der Waals surface area contributed by atoms with Crippen molar-refractivity contribution >= 4 is 33.9 Å². The predicted octanol–water partition coefficient (Wildman–Crippen LogP) is 7.24. The predicted molar refractivity (Wildman–Crippen MR) is 213 cm³/mol. The molecule has 6 rings (SSSR count). The normalized spacial score (nSPS) is 24.3. The number of rotatable bonds is 18. The van der Waals surface area contributed by atoms with Gasteiger partial charge in [-0.15, -0.1) is 0 Å². The summed E-state index contributed by atoms with van der Waals surface area (Å²) in [5.41, 5.74) is 2.67. The van der Waals surface area contributed by atoms with Crippen LogP contribution in [0.2, 0.25) is 0 Å². The number of aliphatic hydroxyl groups excluding tert-OH is 1. The first kappa shape index (κ1) is 43.2. The number of halogens is 1. The van der Waals surface area contributed by atoms with E-state index in [9.17, 15) is 19.5 Å². The first-order chi connectivity index (χ1) is 28.1. The van der Waals surface area contributed by atoms with E-state index in [1.165, 1.54) is 14.0 Å². The topological polar surface area (TPSA) is 152 Å². The second-order valence-electron chi connectivity index (χ2n) is 14.3. The van der Waals surface area contributed by atoms with E-state index in [0.717, 1.165) is 21.6 Å². The molecule has 0 saturated carbocycles. The summed E-state index contributed by atoms with van der Waals surface area (Å²) in [4.78, 5) is 40.3. The molecule has 3 aromatic carbocycles. The van der Waals surface area contributed by atoms with Crippen molar-refractivity contribution in [3.63, 3.8) is 0 Å². The molecule has 0 unspecified atom stereocenters. The lowest BCUT2D eigenvalue weighted by Crippen LogP contribution is -2.61. The number of aryl methyl sites for hydroxylation is 1. The van der Waals surface area contributed by atoms with E-state index in [4.69, 9.17) is 37.6 Å². The summed E-state index contributed by atoms with van der Waals surface area (Å²) in [6, 6.07) is 29.7. The van der Waals surface area contributed by atoms with Crippen LogP contribution in [-0.2, 0) is 62.4 Å². The fourth-order valence-corrected chi connectivity index (χ4v) is 7.79. The van der Waals surface area contributed by atoms with Gasteiger partial charge in [-0.25, -0.2) is 9.69 Å². The van der Waals surface area contributed by atoms with Crippen LogP contribution in [0.25, 0.3) is 0 Å². The Morgan fingerprint density at radius 3 is 2.07 bits per heavy atom. The van der Waals surface area contributed by atoms with Gasteiger partial charge in [-0.3, -0.25) is 9.59 Å². The highest BCUT2D eigenvalue weighted by Gasteiger charge is 2.49. The molecule has 310 valence electrons. The third-order valence-corrected chi connectivity index (χ3v) is 10.9.